The second-order valence-corrected chi connectivity index (χ2v) is 3.38. The van der Waals surface area contributed by atoms with Crippen LogP contribution in [0.3, 0.4) is 0 Å². The highest BCUT2D eigenvalue weighted by atomic mass is 32.1. The molecule has 0 aliphatic carbocycles. The van der Waals surface area contributed by atoms with Crippen molar-refractivity contribution in [2.75, 3.05) is 0 Å². The predicted molar refractivity (Wildman–Crippen MR) is 42.5 cm³/mol. The van der Waals surface area contributed by atoms with Crippen LogP contribution in [0.2, 0.25) is 0 Å². The van der Waals surface area contributed by atoms with Gasteiger partial charge in [-0.2, -0.15) is 25.3 Å². The lowest BCUT2D eigenvalue weighted by Gasteiger charge is -2.23. The van der Waals surface area contributed by atoms with E-state index >= 15 is 0 Å². The van der Waals surface area contributed by atoms with Crippen LogP contribution in [0.1, 0.15) is 19.3 Å². The van der Waals surface area contributed by atoms with E-state index < -0.39 is 0 Å². The summed E-state index contributed by atoms with van der Waals surface area (Å²) in [7, 11) is 0. The Hall–Kier alpha value is 0.660. The highest BCUT2D eigenvalue weighted by Gasteiger charge is 2.13. The van der Waals surface area contributed by atoms with Gasteiger partial charge in [0.25, 0.3) is 0 Å². The van der Waals surface area contributed by atoms with Crippen molar-refractivity contribution < 1.29 is 0 Å². The van der Waals surface area contributed by atoms with Crippen molar-refractivity contribution in [3.63, 3.8) is 0 Å². The van der Waals surface area contributed by atoms with Gasteiger partial charge < -0.3 is 0 Å². The average molecular weight is 149 g/mol. The van der Waals surface area contributed by atoms with Crippen molar-refractivity contribution in [3.8, 4) is 0 Å². The third kappa shape index (κ3) is 1.88. The molecule has 1 heterocycles. The molecule has 1 saturated heterocycles. The summed E-state index contributed by atoms with van der Waals surface area (Å²) in [6.07, 6.45) is 3.62. The predicted octanol–water partition coefficient (Wildman–Crippen LogP) is 1.27. The van der Waals surface area contributed by atoms with E-state index in [9.17, 15) is 0 Å². The van der Waals surface area contributed by atoms with Crippen LogP contribution < -0.4 is 5.32 Å². The molecule has 1 rings (SSSR count). The Bertz CT molecular complexity index is 68.8. The SMILES string of the molecule is S[C@@H]1CCC[C@H](S)N1. The maximum absolute atomic E-state index is 4.26. The largest absolute Gasteiger partial charge is 0.294 e. The van der Waals surface area contributed by atoms with Gasteiger partial charge in [-0.3, -0.25) is 5.32 Å². The molecule has 1 N–H and O–H groups in total. The molecular weight excluding hydrogens is 138 g/mol. The maximum atomic E-state index is 4.26. The van der Waals surface area contributed by atoms with Gasteiger partial charge in [-0.25, -0.2) is 0 Å². The van der Waals surface area contributed by atoms with Gasteiger partial charge in [0.2, 0.25) is 0 Å². The van der Waals surface area contributed by atoms with Crippen molar-refractivity contribution in [2.45, 2.75) is 30.0 Å². The summed E-state index contributed by atoms with van der Waals surface area (Å²) in [5.74, 6) is 0. The molecule has 0 unspecified atom stereocenters. The number of rotatable bonds is 0. The van der Waals surface area contributed by atoms with Gasteiger partial charge in [0, 0.05) is 0 Å². The van der Waals surface area contributed by atoms with Crippen LogP contribution in [-0.4, -0.2) is 10.7 Å². The third-order valence-electron chi connectivity index (χ3n) is 1.34. The fourth-order valence-electron chi connectivity index (χ4n) is 0.893. The van der Waals surface area contributed by atoms with Crippen molar-refractivity contribution >= 4 is 25.3 Å². The van der Waals surface area contributed by atoms with Gasteiger partial charge in [0.05, 0.1) is 10.7 Å². The molecule has 2 atom stereocenters. The quantitative estimate of drug-likeness (QED) is 0.441. The standard InChI is InChI=1S/C5H11NS2/c7-4-2-1-3-5(8)6-4/h4-8H,1-3H2/t4-,5+. The topological polar surface area (TPSA) is 12.0 Å². The van der Waals surface area contributed by atoms with Crippen molar-refractivity contribution in [3.05, 3.63) is 0 Å². The number of hydrogen-bond donors (Lipinski definition) is 3. The van der Waals surface area contributed by atoms with E-state index in [1.54, 1.807) is 0 Å². The van der Waals surface area contributed by atoms with Crippen LogP contribution in [0.25, 0.3) is 0 Å². The molecule has 0 radical (unpaired) electrons. The summed E-state index contributed by atoms with van der Waals surface area (Å²) in [4.78, 5) is 0. The molecule has 0 amide bonds. The van der Waals surface area contributed by atoms with E-state index in [1.165, 1.54) is 19.3 Å². The summed E-state index contributed by atoms with van der Waals surface area (Å²) < 4.78 is 0. The summed E-state index contributed by atoms with van der Waals surface area (Å²) in [6.45, 7) is 0. The first-order valence-corrected chi connectivity index (χ1v) is 3.94. The molecule has 0 aromatic rings. The molecule has 1 aliphatic rings. The fourth-order valence-corrected chi connectivity index (χ4v) is 1.74. The molecule has 0 saturated carbocycles. The molecule has 48 valence electrons. The fraction of sp³-hybridized carbons (Fsp3) is 1.00. The Morgan fingerprint density at radius 1 is 1.12 bits per heavy atom. The van der Waals surface area contributed by atoms with E-state index in [2.05, 4.69) is 30.6 Å². The van der Waals surface area contributed by atoms with E-state index in [0.29, 0.717) is 10.7 Å². The van der Waals surface area contributed by atoms with Gasteiger partial charge >= 0.3 is 0 Å². The molecule has 0 bridgehead atoms. The van der Waals surface area contributed by atoms with Crippen LogP contribution >= 0.6 is 25.3 Å². The summed E-state index contributed by atoms with van der Waals surface area (Å²) in [5.41, 5.74) is 0. The molecule has 1 aliphatic heterocycles. The molecule has 0 aromatic heterocycles. The molecule has 3 heteroatoms. The zero-order valence-corrected chi connectivity index (χ0v) is 6.46. The van der Waals surface area contributed by atoms with E-state index in [1.807, 2.05) is 0 Å². The third-order valence-corrected chi connectivity index (χ3v) is 2.15. The zero-order valence-electron chi connectivity index (χ0n) is 4.67. The van der Waals surface area contributed by atoms with Gasteiger partial charge in [0.15, 0.2) is 0 Å². The zero-order chi connectivity index (χ0) is 5.98. The van der Waals surface area contributed by atoms with Crippen LogP contribution in [0.5, 0.6) is 0 Å². The van der Waals surface area contributed by atoms with Gasteiger partial charge in [-0.05, 0) is 19.3 Å². The van der Waals surface area contributed by atoms with E-state index in [0.717, 1.165) is 0 Å². The lowest BCUT2D eigenvalue weighted by Crippen LogP contribution is -2.35. The van der Waals surface area contributed by atoms with Crippen LogP contribution in [-0.2, 0) is 0 Å². The lowest BCUT2D eigenvalue weighted by atomic mass is 10.2. The average Bonchev–Trinajstić information content (AvgIpc) is 1.64. The van der Waals surface area contributed by atoms with Crippen LogP contribution in [0.15, 0.2) is 0 Å². The Morgan fingerprint density at radius 3 is 1.88 bits per heavy atom. The van der Waals surface area contributed by atoms with E-state index in [4.69, 9.17) is 0 Å². The van der Waals surface area contributed by atoms with Crippen molar-refractivity contribution in [1.82, 2.24) is 5.32 Å². The number of piperidine rings is 1. The summed E-state index contributed by atoms with van der Waals surface area (Å²) in [5, 5.41) is 3.97. The smallest absolute Gasteiger partial charge is 0.0510 e. The number of thiol groups is 2. The second kappa shape index (κ2) is 2.99. The Labute approximate surface area is 61.1 Å². The minimum absolute atomic E-state index is 0.381. The van der Waals surface area contributed by atoms with Gasteiger partial charge in [-0.15, -0.1) is 0 Å². The molecular formula is C5H11NS2. The van der Waals surface area contributed by atoms with Gasteiger partial charge in [0.1, 0.15) is 0 Å². The van der Waals surface area contributed by atoms with Crippen molar-refractivity contribution in [1.29, 1.82) is 0 Å². The van der Waals surface area contributed by atoms with Gasteiger partial charge in [-0.1, -0.05) is 0 Å². The minimum atomic E-state index is 0.381. The van der Waals surface area contributed by atoms with Crippen molar-refractivity contribution in [2.24, 2.45) is 0 Å². The number of hydrogen-bond acceptors (Lipinski definition) is 3. The van der Waals surface area contributed by atoms with Crippen LogP contribution in [0.4, 0.5) is 0 Å². The first kappa shape index (κ1) is 6.78. The number of nitrogens with one attached hydrogen (secondary N) is 1. The monoisotopic (exact) mass is 149 g/mol. The normalized spacial score (nSPS) is 39.8. The molecule has 1 nitrogen and oxygen atoms in total. The van der Waals surface area contributed by atoms with E-state index in [-0.39, 0.29) is 0 Å². The lowest BCUT2D eigenvalue weighted by molar-refractivity contribution is 0.469. The molecule has 8 heavy (non-hydrogen) atoms. The summed E-state index contributed by atoms with van der Waals surface area (Å²) in [6, 6.07) is 0. The maximum Gasteiger partial charge on any atom is 0.0510 e. The Kier molecular flexibility index (Phi) is 2.53. The second-order valence-electron chi connectivity index (χ2n) is 2.13. The highest BCUT2D eigenvalue weighted by Crippen LogP contribution is 2.16. The first-order chi connectivity index (χ1) is 3.79. The Morgan fingerprint density at radius 2 is 1.62 bits per heavy atom. The minimum Gasteiger partial charge on any atom is -0.294 e. The summed E-state index contributed by atoms with van der Waals surface area (Å²) >= 11 is 8.52. The molecule has 0 aromatic carbocycles. The van der Waals surface area contributed by atoms with Crippen LogP contribution in [0, 0.1) is 0 Å². The molecule has 0 spiro atoms. The first-order valence-electron chi connectivity index (χ1n) is 2.91. The highest BCUT2D eigenvalue weighted by molar-refractivity contribution is 7.81. The molecule has 1 fully saturated rings. The Balaban J connectivity index is 2.23.